The molecule has 0 aliphatic heterocycles. The van der Waals surface area contributed by atoms with Crippen molar-refractivity contribution in [2.75, 3.05) is 0 Å². The summed E-state index contributed by atoms with van der Waals surface area (Å²) in [5, 5.41) is 10.5. The number of carboxylic acids is 1. The molecule has 0 spiro atoms. The number of aliphatic carboxylic acids is 1. The largest absolute Gasteiger partial charge is 0.481 e. The Morgan fingerprint density at radius 2 is 1.67 bits per heavy atom. The van der Waals surface area contributed by atoms with Gasteiger partial charge in [0, 0.05) is 28.9 Å². The Labute approximate surface area is 157 Å². The number of nitrogens with one attached hydrogen (secondary N) is 1. The van der Waals surface area contributed by atoms with Gasteiger partial charge in [0.05, 0.1) is 5.41 Å². The van der Waals surface area contributed by atoms with Crippen LogP contribution >= 0.6 is 0 Å². The number of carbonyl (C=O) groups is 1. The van der Waals surface area contributed by atoms with E-state index in [1.807, 2.05) is 54.9 Å². The second-order valence-corrected chi connectivity index (χ2v) is 7.20. The van der Waals surface area contributed by atoms with Gasteiger partial charge in [0.15, 0.2) is 0 Å². The molecule has 4 rings (SSSR count). The topological polar surface area (TPSA) is 66.0 Å². The first-order valence-electron chi connectivity index (χ1n) is 8.83. The highest BCUT2D eigenvalue weighted by Gasteiger charge is 2.29. The summed E-state index contributed by atoms with van der Waals surface area (Å²) in [5.74, 6) is -0.834. The number of carboxylic acid groups (broad SMARTS) is 1. The first-order valence-corrected chi connectivity index (χ1v) is 8.83. The summed E-state index contributed by atoms with van der Waals surface area (Å²) in [6, 6.07) is 20.0. The summed E-state index contributed by atoms with van der Waals surface area (Å²) in [6.45, 7) is 3.43. The molecule has 134 valence electrons. The summed E-state index contributed by atoms with van der Waals surface area (Å²) >= 11 is 0. The molecule has 2 aromatic carbocycles. The van der Waals surface area contributed by atoms with Crippen molar-refractivity contribution in [2.24, 2.45) is 0 Å². The number of nitrogens with zero attached hydrogens (tertiary/aromatic N) is 1. The van der Waals surface area contributed by atoms with Gasteiger partial charge in [-0.1, -0.05) is 54.6 Å². The molecule has 0 aliphatic carbocycles. The normalized spacial score (nSPS) is 11.6. The third-order valence-electron chi connectivity index (χ3n) is 5.09. The van der Waals surface area contributed by atoms with Crippen LogP contribution in [0.5, 0.6) is 0 Å². The van der Waals surface area contributed by atoms with Gasteiger partial charge in [-0.15, -0.1) is 0 Å². The summed E-state index contributed by atoms with van der Waals surface area (Å²) in [4.78, 5) is 19.2. The fraction of sp³-hybridized carbons (Fsp3) is 0.130. The maximum atomic E-state index is 11.5. The van der Waals surface area contributed by atoms with Crippen LogP contribution in [-0.4, -0.2) is 21.0 Å². The van der Waals surface area contributed by atoms with Crippen LogP contribution in [0.1, 0.15) is 19.4 Å². The van der Waals surface area contributed by atoms with Crippen molar-refractivity contribution in [2.45, 2.75) is 19.3 Å². The van der Waals surface area contributed by atoms with E-state index in [2.05, 4.69) is 28.2 Å². The van der Waals surface area contributed by atoms with Gasteiger partial charge in [0.2, 0.25) is 0 Å². The van der Waals surface area contributed by atoms with Gasteiger partial charge < -0.3 is 10.1 Å². The van der Waals surface area contributed by atoms with Crippen LogP contribution in [0.4, 0.5) is 0 Å². The van der Waals surface area contributed by atoms with Crippen LogP contribution in [0.2, 0.25) is 0 Å². The molecule has 0 atom stereocenters. The SMILES string of the molecule is CC(C)(C(=O)O)c1ccc(-c2c[nH]c3ncc(-c4ccccc4)cc23)cc1. The zero-order valence-electron chi connectivity index (χ0n) is 15.2. The van der Waals surface area contributed by atoms with E-state index in [0.717, 1.165) is 38.9 Å². The Morgan fingerprint density at radius 3 is 2.33 bits per heavy atom. The van der Waals surface area contributed by atoms with E-state index >= 15 is 0 Å². The lowest BCUT2D eigenvalue weighted by Crippen LogP contribution is -2.28. The molecule has 4 heteroatoms. The average Bonchev–Trinajstić information content (AvgIpc) is 3.12. The number of rotatable bonds is 4. The van der Waals surface area contributed by atoms with Crippen molar-refractivity contribution in [3.05, 3.63) is 78.6 Å². The molecular formula is C23H20N2O2. The Balaban J connectivity index is 1.77. The molecule has 0 radical (unpaired) electrons. The van der Waals surface area contributed by atoms with Crippen molar-refractivity contribution in [1.82, 2.24) is 9.97 Å². The summed E-state index contributed by atoms with van der Waals surface area (Å²) in [5.41, 5.74) is 4.96. The van der Waals surface area contributed by atoms with Crippen LogP contribution < -0.4 is 0 Å². The average molecular weight is 356 g/mol. The zero-order valence-corrected chi connectivity index (χ0v) is 15.2. The van der Waals surface area contributed by atoms with Crippen molar-refractivity contribution in [1.29, 1.82) is 0 Å². The molecule has 2 N–H and O–H groups in total. The summed E-state index contributed by atoms with van der Waals surface area (Å²) in [6.07, 6.45) is 3.82. The molecule has 0 aliphatic rings. The second-order valence-electron chi connectivity index (χ2n) is 7.20. The van der Waals surface area contributed by atoms with E-state index in [4.69, 9.17) is 0 Å². The lowest BCUT2D eigenvalue weighted by atomic mass is 9.84. The highest BCUT2D eigenvalue weighted by atomic mass is 16.4. The lowest BCUT2D eigenvalue weighted by Gasteiger charge is -2.19. The van der Waals surface area contributed by atoms with Crippen molar-refractivity contribution < 1.29 is 9.90 Å². The number of hydrogen-bond donors (Lipinski definition) is 2. The molecule has 0 saturated heterocycles. The van der Waals surface area contributed by atoms with Gasteiger partial charge >= 0.3 is 5.97 Å². The number of fused-ring (bicyclic) bond motifs is 1. The predicted molar refractivity (Wildman–Crippen MR) is 108 cm³/mol. The maximum absolute atomic E-state index is 11.5. The molecule has 0 saturated carbocycles. The standard InChI is InChI=1S/C23H20N2O2/c1-23(2,22(26)27)18-10-8-16(9-11-18)20-14-25-21-19(20)12-17(13-24-21)15-6-4-3-5-7-15/h3-14H,1-2H3,(H,24,25)(H,26,27). The number of aromatic nitrogens is 2. The van der Waals surface area contributed by atoms with Gasteiger partial charge in [-0.3, -0.25) is 4.79 Å². The van der Waals surface area contributed by atoms with E-state index in [9.17, 15) is 9.90 Å². The van der Waals surface area contributed by atoms with Crippen LogP contribution in [-0.2, 0) is 10.2 Å². The van der Waals surface area contributed by atoms with Gasteiger partial charge in [-0.25, -0.2) is 4.98 Å². The van der Waals surface area contributed by atoms with Crippen molar-refractivity contribution >= 4 is 17.0 Å². The quantitative estimate of drug-likeness (QED) is 0.524. The number of pyridine rings is 1. The lowest BCUT2D eigenvalue weighted by molar-refractivity contribution is -0.142. The first-order chi connectivity index (χ1) is 13.0. The molecule has 4 nitrogen and oxygen atoms in total. The minimum Gasteiger partial charge on any atom is -0.481 e. The van der Waals surface area contributed by atoms with Crippen molar-refractivity contribution in [3.8, 4) is 22.3 Å². The monoisotopic (exact) mass is 356 g/mol. The fourth-order valence-corrected chi connectivity index (χ4v) is 3.22. The molecule has 0 fully saturated rings. The third kappa shape index (κ3) is 2.99. The number of aromatic amines is 1. The second kappa shape index (κ2) is 6.40. The van der Waals surface area contributed by atoms with Gasteiger partial charge in [-0.05, 0) is 36.6 Å². The Hall–Kier alpha value is -3.40. The van der Waals surface area contributed by atoms with Gasteiger partial charge in [0.25, 0.3) is 0 Å². The highest BCUT2D eigenvalue weighted by molar-refractivity contribution is 5.96. The van der Waals surface area contributed by atoms with Crippen LogP contribution in [0, 0.1) is 0 Å². The Morgan fingerprint density at radius 1 is 0.963 bits per heavy atom. The number of hydrogen-bond acceptors (Lipinski definition) is 2. The Kier molecular flexibility index (Phi) is 4.04. The van der Waals surface area contributed by atoms with Crippen LogP contribution in [0.15, 0.2) is 73.1 Å². The summed E-state index contributed by atoms with van der Waals surface area (Å²) in [7, 11) is 0. The minimum atomic E-state index is -0.916. The number of benzene rings is 2. The fourth-order valence-electron chi connectivity index (χ4n) is 3.22. The van der Waals surface area contributed by atoms with Gasteiger partial charge in [0.1, 0.15) is 5.65 Å². The molecule has 2 aromatic heterocycles. The van der Waals surface area contributed by atoms with Crippen LogP contribution in [0.3, 0.4) is 0 Å². The van der Waals surface area contributed by atoms with E-state index in [0.29, 0.717) is 0 Å². The predicted octanol–water partition coefficient (Wildman–Crippen LogP) is 5.26. The molecular weight excluding hydrogens is 336 g/mol. The maximum Gasteiger partial charge on any atom is 0.313 e. The smallest absolute Gasteiger partial charge is 0.313 e. The zero-order chi connectivity index (χ0) is 19.0. The Bertz CT molecular complexity index is 1110. The molecule has 4 aromatic rings. The molecule has 2 heterocycles. The highest BCUT2D eigenvalue weighted by Crippen LogP contribution is 2.32. The minimum absolute atomic E-state index is 0.779. The van der Waals surface area contributed by atoms with Crippen LogP contribution in [0.25, 0.3) is 33.3 Å². The van der Waals surface area contributed by atoms with Crippen molar-refractivity contribution in [3.63, 3.8) is 0 Å². The van der Waals surface area contributed by atoms with E-state index in [1.54, 1.807) is 13.8 Å². The van der Waals surface area contributed by atoms with Gasteiger partial charge in [-0.2, -0.15) is 0 Å². The molecule has 0 bridgehead atoms. The number of H-pyrrole nitrogens is 1. The molecule has 27 heavy (non-hydrogen) atoms. The summed E-state index contributed by atoms with van der Waals surface area (Å²) < 4.78 is 0. The van der Waals surface area contributed by atoms with E-state index in [-0.39, 0.29) is 0 Å². The first kappa shape index (κ1) is 17.0. The molecule has 0 unspecified atom stereocenters. The van der Waals surface area contributed by atoms with E-state index in [1.165, 1.54) is 0 Å². The van der Waals surface area contributed by atoms with E-state index < -0.39 is 11.4 Å². The third-order valence-corrected chi connectivity index (χ3v) is 5.09. The molecule has 0 amide bonds.